The van der Waals surface area contributed by atoms with Gasteiger partial charge >= 0.3 is 11.8 Å². The van der Waals surface area contributed by atoms with Gasteiger partial charge in [-0.05, 0) is 19.8 Å². The summed E-state index contributed by atoms with van der Waals surface area (Å²) in [5.41, 5.74) is 5.20. The van der Waals surface area contributed by atoms with Crippen LogP contribution < -0.4 is 16.4 Å². The summed E-state index contributed by atoms with van der Waals surface area (Å²) < 4.78 is 5.35. The second-order valence-corrected chi connectivity index (χ2v) is 3.76. The number of ether oxygens (including phenoxy) is 1. The van der Waals surface area contributed by atoms with Crippen molar-refractivity contribution in [3.8, 4) is 0 Å². The van der Waals surface area contributed by atoms with Crippen molar-refractivity contribution < 1.29 is 14.3 Å². The predicted molar refractivity (Wildman–Crippen MR) is 58.6 cm³/mol. The molecule has 0 unspecified atom stereocenters. The summed E-state index contributed by atoms with van der Waals surface area (Å²) in [5, 5.41) is 5.06. The SMILES string of the molecule is CCOC1CC(NC(=O)C(=O)NCCN)C1. The zero-order chi connectivity index (χ0) is 12.0. The van der Waals surface area contributed by atoms with Gasteiger partial charge in [-0.2, -0.15) is 0 Å². The Morgan fingerprint density at radius 3 is 2.62 bits per heavy atom. The number of nitrogens with two attached hydrogens (primary N) is 1. The largest absolute Gasteiger partial charge is 0.378 e. The van der Waals surface area contributed by atoms with Crippen LogP contribution >= 0.6 is 0 Å². The molecule has 1 aliphatic rings. The van der Waals surface area contributed by atoms with Crippen molar-refractivity contribution >= 4 is 11.8 Å². The highest BCUT2D eigenvalue weighted by Gasteiger charge is 2.31. The van der Waals surface area contributed by atoms with Crippen LogP contribution in [0.4, 0.5) is 0 Å². The molecule has 0 aromatic heterocycles. The Morgan fingerprint density at radius 1 is 1.38 bits per heavy atom. The zero-order valence-electron chi connectivity index (χ0n) is 9.49. The van der Waals surface area contributed by atoms with E-state index in [4.69, 9.17) is 10.5 Å². The van der Waals surface area contributed by atoms with E-state index < -0.39 is 11.8 Å². The molecule has 0 radical (unpaired) electrons. The van der Waals surface area contributed by atoms with E-state index in [2.05, 4.69) is 10.6 Å². The summed E-state index contributed by atoms with van der Waals surface area (Å²) in [4.78, 5) is 22.5. The van der Waals surface area contributed by atoms with Crippen LogP contribution in [-0.4, -0.2) is 43.7 Å². The lowest BCUT2D eigenvalue weighted by atomic mass is 9.89. The van der Waals surface area contributed by atoms with Gasteiger partial charge in [-0.25, -0.2) is 0 Å². The van der Waals surface area contributed by atoms with Crippen LogP contribution in [0.1, 0.15) is 19.8 Å². The van der Waals surface area contributed by atoms with Gasteiger partial charge in [-0.1, -0.05) is 0 Å². The number of rotatable bonds is 5. The van der Waals surface area contributed by atoms with Crippen molar-refractivity contribution in [2.24, 2.45) is 5.73 Å². The van der Waals surface area contributed by atoms with Gasteiger partial charge in [0.05, 0.1) is 6.10 Å². The molecule has 0 atom stereocenters. The Morgan fingerprint density at radius 2 is 2.06 bits per heavy atom. The van der Waals surface area contributed by atoms with Crippen molar-refractivity contribution in [2.45, 2.75) is 31.9 Å². The van der Waals surface area contributed by atoms with E-state index in [1.807, 2.05) is 6.92 Å². The summed E-state index contributed by atoms with van der Waals surface area (Å²) >= 11 is 0. The molecule has 0 aromatic carbocycles. The monoisotopic (exact) mass is 229 g/mol. The maximum absolute atomic E-state index is 11.3. The van der Waals surface area contributed by atoms with Crippen LogP contribution in [0.15, 0.2) is 0 Å². The molecule has 6 nitrogen and oxygen atoms in total. The Labute approximate surface area is 94.9 Å². The van der Waals surface area contributed by atoms with Gasteiger partial charge in [0.1, 0.15) is 0 Å². The number of amides is 2. The molecular formula is C10H19N3O3. The molecule has 0 bridgehead atoms. The van der Waals surface area contributed by atoms with Crippen LogP contribution in [0.5, 0.6) is 0 Å². The van der Waals surface area contributed by atoms with Crippen molar-refractivity contribution in [3.05, 3.63) is 0 Å². The highest BCUT2D eigenvalue weighted by atomic mass is 16.5. The van der Waals surface area contributed by atoms with E-state index in [0.29, 0.717) is 19.7 Å². The number of nitrogens with one attached hydrogen (secondary N) is 2. The van der Waals surface area contributed by atoms with Gasteiger partial charge in [-0.3, -0.25) is 9.59 Å². The van der Waals surface area contributed by atoms with E-state index in [1.54, 1.807) is 0 Å². The summed E-state index contributed by atoms with van der Waals surface area (Å²) in [6, 6.07) is 0.0627. The van der Waals surface area contributed by atoms with Gasteiger partial charge in [0.25, 0.3) is 0 Å². The highest BCUT2D eigenvalue weighted by molar-refractivity contribution is 6.35. The van der Waals surface area contributed by atoms with Gasteiger partial charge in [0.15, 0.2) is 0 Å². The topological polar surface area (TPSA) is 93.4 Å². The molecule has 92 valence electrons. The maximum atomic E-state index is 11.3. The molecule has 16 heavy (non-hydrogen) atoms. The van der Waals surface area contributed by atoms with Crippen LogP contribution in [0, 0.1) is 0 Å². The molecule has 0 aliphatic heterocycles. The predicted octanol–water partition coefficient (Wildman–Crippen LogP) is -1.25. The van der Waals surface area contributed by atoms with Crippen molar-refractivity contribution in [1.29, 1.82) is 0 Å². The summed E-state index contributed by atoms with van der Waals surface area (Å²) in [7, 11) is 0. The van der Waals surface area contributed by atoms with Gasteiger partial charge in [0, 0.05) is 25.7 Å². The molecule has 1 fully saturated rings. The first-order valence-corrected chi connectivity index (χ1v) is 5.57. The lowest BCUT2D eigenvalue weighted by Gasteiger charge is -2.35. The molecule has 6 heteroatoms. The fourth-order valence-corrected chi connectivity index (χ4v) is 1.57. The van der Waals surface area contributed by atoms with Crippen LogP contribution in [-0.2, 0) is 14.3 Å². The summed E-state index contributed by atoms with van der Waals surface area (Å²) in [5.74, 6) is -1.21. The Bertz CT molecular complexity index is 252. The Hall–Kier alpha value is -1.14. The maximum Gasteiger partial charge on any atom is 0.309 e. The molecule has 1 aliphatic carbocycles. The third-order valence-corrected chi connectivity index (χ3v) is 2.47. The van der Waals surface area contributed by atoms with Gasteiger partial charge in [-0.15, -0.1) is 0 Å². The van der Waals surface area contributed by atoms with Gasteiger partial charge in [0.2, 0.25) is 0 Å². The Kier molecular flexibility index (Phi) is 5.21. The fraction of sp³-hybridized carbons (Fsp3) is 0.800. The highest BCUT2D eigenvalue weighted by Crippen LogP contribution is 2.22. The summed E-state index contributed by atoms with van der Waals surface area (Å²) in [6.45, 7) is 3.27. The first-order chi connectivity index (χ1) is 7.67. The molecule has 4 N–H and O–H groups in total. The second kappa shape index (κ2) is 6.44. The second-order valence-electron chi connectivity index (χ2n) is 3.76. The zero-order valence-corrected chi connectivity index (χ0v) is 9.49. The average molecular weight is 229 g/mol. The minimum absolute atomic E-state index is 0.0627. The number of carbonyl (C=O) groups excluding carboxylic acids is 2. The quantitative estimate of drug-likeness (QED) is 0.513. The summed E-state index contributed by atoms with van der Waals surface area (Å²) in [6.07, 6.45) is 1.79. The molecule has 0 spiro atoms. The van der Waals surface area contributed by atoms with E-state index in [0.717, 1.165) is 12.8 Å². The van der Waals surface area contributed by atoms with E-state index >= 15 is 0 Å². The fourth-order valence-electron chi connectivity index (χ4n) is 1.57. The third kappa shape index (κ3) is 3.79. The van der Waals surface area contributed by atoms with Gasteiger partial charge < -0.3 is 21.1 Å². The van der Waals surface area contributed by atoms with Crippen molar-refractivity contribution in [2.75, 3.05) is 19.7 Å². The van der Waals surface area contributed by atoms with Crippen LogP contribution in [0.25, 0.3) is 0 Å². The minimum atomic E-state index is -0.620. The van der Waals surface area contributed by atoms with Crippen LogP contribution in [0.3, 0.4) is 0 Å². The molecule has 1 rings (SSSR count). The molecule has 0 saturated heterocycles. The van der Waals surface area contributed by atoms with E-state index in [-0.39, 0.29) is 12.1 Å². The lowest BCUT2D eigenvalue weighted by Crippen LogP contribution is -2.52. The van der Waals surface area contributed by atoms with Crippen LogP contribution in [0.2, 0.25) is 0 Å². The molecular weight excluding hydrogens is 210 g/mol. The van der Waals surface area contributed by atoms with E-state index in [1.165, 1.54) is 0 Å². The minimum Gasteiger partial charge on any atom is -0.378 e. The normalized spacial score (nSPS) is 23.4. The molecule has 0 heterocycles. The molecule has 0 aromatic rings. The van der Waals surface area contributed by atoms with E-state index in [9.17, 15) is 9.59 Å². The molecule has 2 amide bonds. The number of carbonyl (C=O) groups is 2. The van der Waals surface area contributed by atoms with Crippen molar-refractivity contribution in [1.82, 2.24) is 10.6 Å². The average Bonchev–Trinajstić information content (AvgIpc) is 2.22. The number of hydrogen-bond donors (Lipinski definition) is 3. The number of hydrogen-bond acceptors (Lipinski definition) is 4. The van der Waals surface area contributed by atoms with Crippen molar-refractivity contribution in [3.63, 3.8) is 0 Å². The smallest absolute Gasteiger partial charge is 0.309 e. The first-order valence-electron chi connectivity index (χ1n) is 5.57. The molecule has 1 saturated carbocycles. The first kappa shape index (κ1) is 12.9. The lowest BCUT2D eigenvalue weighted by molar-refractivity contribution is -0.140. The standard InChI is InChI=1S/C10H19N3O3/c1-2-16-8-5-7(6-8)13-10(15)9(14)12-4-3-11/h7-8H,2-6,11H2,1H3,(H,12,14)(H,13,15). The third-order valence-electron chi connectivity index (χ3n) is 2.47. The Balaban J connectivity index is 2.14.